The fourth-order valence-corrected chi connectivity index (χ4v) is 2.05. The number of halogens is 1. The van der Waals surface area contributed by atoms with Crippen molar-refractivity contribution in [1.82, 2.24) is 0 Å². The van der Waals surface area contributed by atoms with Gasteiger partial charge in [0.1, 0.15) is 5.56 Å². The number of anilines is 1. The molecule has 0 aliphatic carbocycles. The summed E-state index contributed by atoms with van der Waals surface area (Å²) in [4.78, 5) is 34.1. The Morgan fingerprint density at radius 3 is 2.57 bits per heavy atom. The highest BCUT2D eigenvalue weighted by Gasteiger charge is 2.20. The van der Waals surface area contributed by atoms with Crippen LogP contribution in [0.3, 0.4) is 0 Å². The number of methoxy groups -OCH3 is 1. The molecule has 2 rings (SSSR count). The lowest BCUT2D eigenvalue weighted by Gasteiger charge is -2.09. The van der Waals surface area contributed by atoms with Crippen molar-refractivity contribution >= 4 is 34.9 Å². The summed E-state index contributed by atoms with van der Waals surface area (Å²) in [5, 5.41) is 13.6. The van der Waals surface area contributed by atoms with Crippen molar-refractivity contribution in [3.05, 3.63) is 68.7 Å². The SMILES string of the molecule is COC(=O)c1ccc(Cl)c(NC(=O)c2ccccc2[N+](=O)[O-])c1. The van der Waals surface area contributed by atoms with Crippen LogP contribution in [0.4, 0.5) is 11.4 Å². The predicted molar refractivity (Wildman–Crippen MR) is 83.8 cm³/mol. The number of nitro groups is 1. The standard InChI is InChI=1S/C15H11ClN2O5/c1-23-15(20)9-6-7-11(16)12(8-9)17-14(19)10-4-2-3-5-13(10)18(21)22/h2-8H,1H3,(H,17,19). The van der Waals surface area contributed by atoms with Crippen LogP contribution in [0.1, 0.15) is 20.7 Å². The van der Waals surface area contributed by atoms with E-state index in [4.69, 9.17) is 11.6 Å². The molecule has 23 heavy (non-hydrogen) atoms. The van der Waals surface area contributed by atoms with Crippen LogP contribution < -0.4 is 5.32 Å². The first-order valence-corrected chi connectivity index (χ1v) is 6.74. The van der Waals surface area contributed by atoms with Crippen LogP contribution in [-0.4, -0.2) is 23.9 Å². The van der Waals surface area contributed by atoms with E-state index in [0.717, 1.165) is 0 Å². The van der Waals surface area contributed by atoms with Crippen molar-refractivity contribution in [2.45, 2.75) is 0 Å². The molecule has 0 saturated carbocycles. The molecule has 0 aliphatic heterocycles. The Kier molecular flexibility index (Phi) is 4.92. The number of benzene rings is 2. The van der Waals surface area contributed by atoms with E-state index in [-0.39, 0.29) is 27.5 Å². The Morgan fingerprint density at radius 2 is 1.91 bits per heavy atom. The Bertz CT molecular complexity index is 791. The van der Waals surface area contributed by atoms with Crippen molar-refractivity contribution in [1.29, 1.82) is 0 Å². The summed E-state index contributed by atoms with van der Waals surface area (Å²) in [6.45, 7) is 0. The number of rotatable bonds is 4. The average Bonchev–Trinajstić information content (AvgIpc) is 2.56. The number of nitrogens with zero attached hydrogens (tertiary/aromatic N) is 1. The summed E-state index contributed by atoms with van der Waals surface area (Å²) in [5.41, 5.74) is -0.102. The van der Waals surface area contributed by atoms with E-state index in [9.17, 15) is 19.7 Å². The van der Waals surface area contributed by atoms with Gasteiger partial charge in [-0.3, -0.25) is 14.9 Å². The molecule has 2 aromatic rings. The number of nitrogens with one attached hydrogen (secondary N) is 1. The molecule has 0 atom stereocenters. The summed E-state index contributed by atoms with van der Waals surface area (Å²) in [6, 6.07) is 9.71. The molecular formula is C15H11ClN2O5. The molecule has 0 unspecified atom stereocenters. The minimum absolute atomic E-state index is 0.114. The lowest BCUT2D eigenvalue weighted by Crippen LogP contribution is -2.14. The zero-order chi connectivity index (χ0) is 17.0. The van der Waals surface area contributed by atoms with Crippen LogP contribution in [-0.2, 0) is 4.74 Å². The Morgan fingerprint density at radius 1 is 1.22 bits per heavy atom. The monoisotopic (exact) mass is 334 g/mol. The third-order valence-corrected chi connectivity index (χ3v) is 3.31. The Labute approximate surface area is 136 Å². The van der Waals surface area contributed by atoms with Crippen LogP contribution >= 0.6 is 11.6 Å². The third-order valence-electron chi connectivity index (χ3n) is 2.98. The molecule has 118 valence electrons. The molecule has 7 nitrogen and oxygen atoms in total. The fourth-order valence-electron chi connectivity index (χ4n) is 1.88. The summed E-state index contributed by atoms with van der Waals surface area (Å²) >= 11 is 5.98. The van der Waals surface area contributed by atoms with E-state index < -0.39 is 16.8 Å². The molecule has 0 fully saturated rings. The van der Waals surface area contributed by atoms with Gasteiger partial charge in [-0.25, -0.2) is 4.79 Å². The molecule has 1 amide bonds. The number of hydrogen-bond acceptors (Lipinski definition) is 5. The smallest absolute Gasteiger partial charge is 0.337 e. The molecule has 0 aliphatic rings. The molecule has 2 aromatic carbocycles. The van der Waals surface area contributed by atoms with Crippen LogP contribution in [0.5, 0.6) is 0 Å². The van der Waals surface area contributed by atoms with E-state index >= 15 is 0 Å². The highest BCUT2D eigenvalue weighted by atomic mass is 35.5. The van der Waals surface area contributed by atoms with Gasteiger partial charge in [-0.1, -0.05) is 23.7 Å². The molecular weight excluding hydrogens is 324 g/mol. The Balaban J connectivity index is 2.34. The van der Waals surface area contributed by atoms with Gasteiger partial charge >= 0.3 is 5.97 Å². The van der Waals surface area contributed by atoms with Gasteiger partial charge in [0, 0.05) is 6.07 Å². The van der Waals surface area contributed by atoms with Crippen molar-refractivity contribution in [3.8, 4) is 0 Å². The van der Waals surface area contributed by atoms with E-state index in [1.807, 2.05) is 0 Å². The lowest BCUT2D eigenvalue weighted by molar-refractivity contribution is -0.385. The van der Waals surface area contributed by atoms with E-state index in [1.165, 1.54) is 49.6 Å². The second-order valence-electron chi connectivity index (χ2n) is 4.41. The van der Waals surface area contributed by atoms with E-state index in [0.29, 0.717) is 0 Å². The quantitative estimate of drug-likeness (QED) is 0.525. The zero-order valence-corrected chi connectivity index (χ0v) is 12.7. The van der Waals surface area contributed by atoms with Crippen molar-refractivity contribution < 1.29 is 19.2 Å². The van der Waals surface area contributed by atoms with Gasteiger partial charge in [0.25, 0.3) is 11.6 Å². The first kappa shape index (κ1) is 16.4. The topological polar surface area (TPSA) is 98.5 Å². The van der Waals surface area contributed by atoms with Crippen molar-refractivity contribution in [2.75, 3.05) is 12.4 Å². The van der Waals surface area contributed by atoms with E-state index in [2.05, 4.69) is 10.1 Å². The second kappa shape index (κ2) is 6.89. The molecule has 0 heterocycles. The molecule has 0 spiro atoms. The Hall–Kier alpha value is -2.93. The molecule has 0 bridgehead atoms. The zero-order valence-electron chi connectivity index (χ0n) is 11.9. The second-order valence-corrected chi connectivity index (χ2v) is 4.82. The first-order valence-electron chi connectivity index (χ1n) is 6.36. The minimum Gasteiger partial charge on any atom is -0.465 e. The van der Waals surface area contributed by atoms with E-state index in [1.54, 1.807) is 0 Å². The lowest BCUT2D eigenvalue weighted by atomic mass is 10.1. The highest BCUT2D eigenvalue weighted by Crippen LogP contribution is 2.25. The van der Waals surface area contributed by atoms with Gasteiger partial charge in [0.05, 0.1) is 28.3 Å². The maximum absolute atomic E-state index is 12.3. The number of para-hydroxylation sites is 1. The fraction of sp³-hybridized carbons (Fsp3) is 0.0667. The van der Waals surface area contributed by atoms with Gasteiger partial charge in [-0.05, 0) is 24.3 Å². The summed E-state index contributed by atoms with van der Waals surface area (Å²) in [6.07, 6.45) is 0. The first-order chi connectivity index (χ1) is 10.9. The predicted octanol–water partition coefficient (Wildman–Crippen LogP) is 3.29. The van der Waals surface area contributed by atoms with Gasteiger partial charge in [-0.2, -0.15) is 0 Å². The van der Waals surface area contributed by atoms with Crippen LogP contribution in [0.15, 0.2) is 42.5 Å². The molecule has 1 N–H and O–H groups in total. The van der Waals surface area contributed by atoms with Crippen LogP contribution in [0, 0.1) is 10.1 Å². The third kappa shape index (κ3) is 3.64. The summed E-state index contributed by atoms with van der Waals surface area (Å²) < 4.78 is 4.59. The molecule has 0 radical (unpaired) electrons. The van der Waals surface area contributed by atoms with Crippen molar-refractivity contribution in [3.63, 3.8) is 0 Å². The summed E-state index contributed by atoms with van der Waals surface area (Å²) in [7, 11) is 1.22. The summed E-state index contributed by atoms with van der Waals surface area (Å²) in [5.74, 6) is -1.30. The van der Waals surface area contributed by atoms with Gasteiger partial charge in [0.15, 0.2) is 0 Å². The number of esters is 1. The maximum atomic E-state index is 12.3. The number of nitro benzene ring substituents is 1. The highest BCUT2D eigenvalue weighted by molar-refractivity contribution is 6.34. The number of carbonyl (C=O) groups excluding carboxylic acids is 2. The number of ether oxygens (including phenoxy) is 1. The number of amides is 1. The maximum Gasteiger partial charge on any atom is 0.337 e. The number of hydrogen-bond donors (Lipinski definition) is 1. The minimum atomic E-state index is -0.707. The van der Waals surface area contributed by atoms with Gasteiger partial charge in [-0.15, -0.1) is 0 Å². The number of carbonyl (C=O) groups is 2. The van der Waals surface area contributed by atoms with Crippen molar-refractivity contribution in [2.24, 2.45) is 0 Å². The normalized spacial score (nSPS) is 10.0. The van der Waals surface area contributed by atoms with Crippen LogP contribution in [0.25, 0.3) is 0 Å². The molecule has 8 heteroatoms. The largest absolute Gasteiger partial charge is 0.465 e. The van der Waals surface area contributed by atoms with Crippen LogP contribution in [0.2, 0.25) is 5.02 Å². The molecule has 0 aromatic heterocycles. The van der Waals surface area contributed by atoms with Gasteiger partial charge < -0.3 is 10.1 Å². The molecule has 0 saturated heterocycles. The van der Waals surface area contributed by atoms with Gasteiger partial charge in [0.2, 0.25) is 0 Å². The average molecular weight is 335 g/mol.